The SMILES string of the molecule is CC(C)(C)c1ccc(-c2ccc3c(c2)B2c4ccc(-c5cccc6c5C5(c7ccccc7-c7ccccc75)c5ccccc5-6)cc4N(c4c(-c5ccccc5)cc(-c5ccccc5)cc4-c4ccccc4)c4cc(-n5c6ccc(C(C)(C)C)cc6c6cc(C(C)(C)C)ccc65)cc(c42)N3c2c(-c3ccccc3)cccc2-c2ccccc2)cc1. The Bertz CT molecular complexity index is 6880. The van der Waals surface area contributed by atoms with E-state index in [0.717, 1.165) is 118 Å². The molecule has 4 heteroatoms. The molecule has 0 amide bonds. The Labute approximate surface area is 699 Å². The van der Waals surface area contributed by atoms with E-state index in [0.29, 0.717) is 0 Å². The Kier molecular flexibility index (Phi) is 16.4. The summed E-state index contributed by atoms with van der Waals surface area (Å²) in [6.07, 6.45) is 0. The maximum atomic E-state index is 2.77. The Morgan fingerprint density at radius 1 is 0.235 bits per heavy atom. The fraction of sp³-hybridized carbons (Fsp3) is 0.113. The molecule has 0 atom stereocenters. The molecular weight excluding hydrogens is 1430 g/mol. The Balaban J connectivity index is 0.936. The van der Waals surface area contributed by atoms with Gasteiger partial charge in [-0.25, -0.2) is 0 Å². The van der Waals surface area contributed by atoms with E-state index in [1.807, 2.05) is 0 Å². The van der Waals surface area contributed by atoms with Crippen LogP contribution in [0.4, 0.5) is 34.1 Å². The van der Waals surface area contributed by atoms with Gasteiger partial charge in [-0.2, -0.15) is 0 Å². The number of para-hydroxylation sites is 1. The number of rotatable bonds is 10. The van der Waals surface area contributed by atoms with Crippen LogP contribution < -0.4 is 26.2 Å². The molecule has 1 aromatic heterocycles. The van der Waals surface area contributed by atoms with Gasteiger partial charge in [-0.1, -0.05) is 384 Å². The van der Waals surface area contributed by atoms with E-state index in [-0.39, 0.29) is 23.0 Å². The molecule has 0 N–H and O–H groups in total. The number of fused-ring (bicyclic) bond motifs is 17. The van der Waals surface area contributed by atoms with Crippen LogP contribution in [0.15, 0.2) is 382 Å². The molecule has 18 aromatic rings. The maximum Gasteiger partial charge on any atom is 0.252 e. The van der Waals surface area contributed by atoms with Gasteiger partial charge in [-0.05, 0) is 210 Å². The number of aromatic nitrogens is 1. The third-order valence-electron chi connectivity index (χ3n) is 26.3. The van der Waals surface area contributed by atoms with E-state index in [1.165, 1.54) is 99.5 Å². The first-order valence-electron chi connectivity index (χ1n) is 42.2. The van der Waals surface area contributed by atoms with Crippen molar-refractivity contribution in [2.45, 2.75) is 84.0 Å². The van der Waals surface area contributed by atoms with Crippen LogP contribution in [-0.2, 0) is 21.7 Å². The van der Waals surface area contributed by atoms with Gasteiger partial charge in [0, 0.05) is 55.8 Å². The van der Waals surface area contributed by atoms with Gasteiger partial charge < -0.3 is 14.4 Å². The van der Waals surface area contributed by atoms with Crippen molar-refractivity contribution in [3.63, 3.8) is 0 Å². The van der Waals surface area contributed by atoms with Gasteiger partial charge in [0.1, 0.15) is 0 Å². The number of nitrogens with zero attached hydrogens (tertiary/aromatic N) is 3. The van der Waals surface area contributed by atoms with Crippen LogP contribution in [-0.4, -0.2) is 11.3 Å². The van der Waals surface area contributed by atoms with Gasteiger partial charge in [0.25, 0.3) is 6.71 Å². The number of benzene rings is 17. The summed E-state index contributed by atoms with van der Waals surface area (Å²) in [7, 11) is 0. The van der Waals surface area contributed by atoms with E-state index < -0.39 is 5.41 Å². The van der Waals surface area contributed by atoms with Gasteiger partial charge in [0.2, 0.25) is 0 Å². The van der Waals surface area contributed by atoms with Crippen LogP contribution in [0.3, 0.4) is 0 Å². The van der Waals surface area contributed by atoms with E-state index in [4.69, 9.17) is 0 Å². The third-order valence-corrected chi connectivity index (χ3v) is 26.3. The minimum absolute atomic E-state index is 0.0317. The molecule has 119 heavy (non-hydrogen) atoms. The zero-order chi connectivity index (χ0) is 80.4. The quantitative estimate of drug-likeness (QED) is 0.126. The van der Waals surface area contributed by atoms with Crippen molar-refractivity contribution in [3.8, 4) is 106 Å². The summed E-state index contributed by atoms with van der Waals surface area (Å²) in [5.74, 6) is 0. The number of hydrogen-bond donors (Lipinski definition) is 0. The highest BCUT2D eigenvalue weighted by Gasteiger charge is 2.53. The zero-order valence-corrected chi connectivity index (χ0v) is 68.8. The predicted octanol–water partition coefficient (Wildman–Crippen LogP) is 28.8. The Morgan fingerprint density at radius 3 is 1.10 bits per heavy atom. The van der Waals surface area contributed by atoms with Crippen molar-refractivity contribution in [2.75, 3.05) is 9.80 Å². The van der Waals surface area contributed by atoms with Crippen LogP contribution in [0.2, 0.25) is 0 Å². The second-order valence-corrected chi connectivity index (χ2v) is 36.2. The summed E-state index contributed by atoms with van der Waals surface area (Å²) in [6.45, 7) is 20.7. The molecule has 0 fully saturated rings. The molecule has 0 saturated heterocycles. The average Bonchev–Trinajstić information content (AvgIpc) is 1.54. The van der Waals surface area contributed by atoms with Gasteiger partial charge in [-0.15, -0.1) is 0 Å². The summed E-state index contributed by atoms with van der Waals surface area (Å²) in [5, 5.41) is 2.47. The van der Waals surface area contributed by atoms with Crippen LogP contribution in [0.5, 0.6) is 0 Å². The summed E-state index contributed by atoms with van der Waals surface area (Å²) in [6, 6.07) is 147. The highest BCUT2D eigenvalue weighted by atomic mass is 15.2. The Hall–Kier alpha value is -13.8. The summed E-state index contributed by atoms with van der Waals surface area (Å²) in [4.78, 5) is 5.48. The minimum Gasteiger partial charge on any atom is -0.310 e. The third kappa shape index (κ3) is 11.2. The molecule has 0 radical (unpaired) electrons. The smallest absolute Gasteiger partial charge is 0.252 e. The van der Waals surface area contributed by atoms with Gasteiger partial charge in [-0.3, -0.25) is 0 Å². The molecule has 17 aromatic carbocycles. The monoisotopic (exact) mass is 1520 g/mol. The lowest BCUT2D eigenvalue weighted by Crippen LogP contribution is -2.61. The molecular formula is C115H90BN3. The number of hydrogen-bond acceptors (Lipinski definition) is 2. The number of anilines is 6. The molecule has 0 bridgehead atoms. The first-order chi connectivity index (χ1) is 57.9. The fourth-order valence-corrected chi connectivity index (χ4v) is 20.6. The second kappa shape index (κ2) is 27.1. The van der Waals surface area contributed by atoms with Gasteiger partial charge in [0.15, 0.2) is 0 Å². The Morgan fingerprint density at radius 2 is 0.613 bits per heavy atom. The summed E-state index contributed by atoms with van der Waals surface area (Å²) < 4.78 is 2.62. The lowest BCUT2D eigenvalue weighted by Gasteiger charge is -2.46. The van der Waals surface area contributed by atoms with E-state index in [1.54, 1.807) is 0 Å². The second-order valence-electron chi connectivity index (χ2n) is 36.2. The largest absolute Gasteiger partial charge is 0.310 e. The lowest BCUT2D eigenvalue weighted by atomic mass is 9.33. The average molecular weight is 1520 g/mol. The molecule has 2 aliphatic heterocycles. The van der Waals surface area contributed by atoms with Crippen LogP contribution in [0.1, 0.15) is 101 Å². The van der Waals surface area contributed by atoms with Crippen molar-refractivity contribution < 1.29 is 0 Å². The highest BCUT2D eigenvalue weighted by Crippen LogP contribution is 2.65. The zero-order valence-electron chi connectivity index (χ0n) is 68.8. The molecule has 22 rings (SSSR count). The summed E-state index contributed by atoms with van der Waals surface area (Å²) in [5.41, 5.74) is 43.0. The topological polar surface area (TPSA) is 11.4 Å². The fourth-order valence-electron chi connectivity index (χ4n) is 20.6. The molecule has 568 valence electrons. The predicted molar refractivity (Wildman–Crippen MR) is 505 cm³/mol. The molecule has 0 unspecified atom stereocenters. The molecule has 3 heterocycles. The van der Waals surface area contributed by atoms with Gasteiger partial charge in [0.05, 0.1) is 33.5 Å². The van der Waals surface area contributed by atoms with Crippen molar-refractivity contribution in [3.05, 3.63) is 421 Å². The standard InChI is InChI=1S/C115H90BN3/c1-112(2,3)82-57-53-74(54-58-82)79-56-62-104-101(67-79)116-100-61-55-80(86-46-31-49-92-91-45-27-30-52-99(91)115(108(86)92)97-50-28-25-43-89(97)90-44-26-29-51-98(90)115)68-105(100)119(111-93(77-39-21-13-22-40-77)65-81(73-33-15-10-16-34-73)66-94(111)78-41-23-14-24-42-78)107-72-85(117-102-63-59-83(113(4,5)6)69-95(102)96-70-84(114(7,8)9)60-64-103(96)117)71-106(109(107)116)118(104)110-87(75-35-17-11-18-36-75)47-32-48-88(110)76-37-19-12-20-38-76/h10-72H,1-9H3. The molecule has 4 aliphatic rings. The first-order valence-corrected chi connectivity index (χ1v) is 42.2. The maximum absolute atomic E-state index is 2.77. The van der Waals surface area contributed by atoms with E-state index in [9.17, 15) is 0 Å². The molecule has 1 spiro atoms. The molecule has 3 nitrogen and oxygen atoms in total. The molecule has 0 saturated carbocycles. The van der Waals surface area contributed by atoms with Crippen molar-refractivity contribution in [2.24, 2.45) is 0 Å². The normalized spacial score (nSPS) is 13.4. The van der Waals surface area contributed by atoms with Crippen molar-refractivity contribution in [1.29, 1.82) is 0 Å². The van der Waals surface area contributed by atoms with Crippen LogP contribution in [0.25, 0.3) is 128 Å². The van der Waals surface area contributed by atoms with Crippen molar-refractivity contribution in [1.82, 2.24) is 4.57 Å². The van der Waals surface area contributed by atoms with E-state index in [2.05, 4.69) is 459 Å². The van der Waals surface area contributed by atoms with E-state index >= 15 is 0 Å². The van der Waals surface area contributed by atoms with Crippen LogP contribution >= 0.6 is 0 Å². The highest BCUT2D eigenvalue weighted by molar-refractivity contribution is 7.00. The van der Waals surface area contributed by atoms with Crippen LogP contribution in [0, 0.1) is 0 Å². The van der Waals surface area contributed by atoms with Gasteiger partial charge >= 0.3 is 0 Å². The first kappa shape index (κ1) is 71.7. The lowest BCUT2D eigenvalue weighted by molar-refractivity contribution is 0.590. The van der Waals surface area contributed by atoms with Crippen molar-refractivity contribution >= 4 is 79.0 Å². The summed E-state index contributed by atoms with van der Waals surface area (Å²) >= 11 is 0. The minimum atomic E-state index is -0.624. The molecule has 2 aliphatic carbocycles.